The van der Waals surface area contributed by atoms with Gasteiger partial charge in [0.05, 0.1) is 0 Å². The van der Waals surface area contributed by atoms with Crippen LogP contribution in [0.15, 0.2) is 4.79 Å². The number of nitrogens with one attached hydrogen (secondary N) is 2. The Hall–Kier alpha value is -2.13. The summed E-state index contributed by atoms with van der Waals surface area (Å²) in [4.78, 5) is 30.3. The second-order valence-corrected chi connectivity index (χ2v) is 6.22. The lowest BCUT2D eigenvalue weighted by Crippen LogP contribution is -2.42. The molecule has 0 bridgehead atoms. The third-order valence-electron chi connectivity index (χ3n) is 4.11. The van der Waals surface area contributed by atoms with Crippen molar-refractivity contribution in [3.05, 3.63) is 10.4 Å². The van der Waals surface area contributed by atoms with Gasteiger partial charge in [0, 0.05) is 18.6 Å². The van der Waals surface area contributed by atoms with Gasteiger partial charge in [-0.2, -0.15) is 4.98 Å². The van der Waals surface area contributed by atoms with Crippen molar-refractivity contribution in [3.63, 3.8) is 0 Å². The first kappa shape index (κ1) is 17.2. The fourth-order valence-electron chi connectivity index (χ4n) is 2.63. The maximum atomic E-state index is 12.0. The molecule has 2 atom stereocenters. The second-order valence-electron chi connectivity index (χ2n) is 6.22. The minimum atomic E-state index is -0.554. The van der Waals surface area contributed by atoms with Crippen LogP contribution in [0.4, 0.5) is 17.5 Å². The first-order valence-corrected chi connectivity index (χ1v) is 7.68. The average molecular weight is 324 g/mol. The Bertz CT molecular complexity index is 629. The quantitative estimate of drug-likeness (QED) is 0.371. The molecule has 9 nitrogen and oxygen atoms in total. The van der Waals surface area contributed by atoms with E-state index in [0.29, 0.717) is 6.42 Å². The molecule has 9 heteroatoms. The summed E-state index contributed by atoms with van der Waals surface area (Å²) in [5.74, 6) is 5.91. The number of hydrogen-bond acceptors (Lipinski definition) is 7. The number of aliphatic hydroxyl groups excluding tert-OH is 1. The summed E-state index contributed by atoms with van der Waals surface area (Å²) in [5.41, 5.74) is 5.14. The van der Waals surface area contributed by atoms with Gasteiger partial charge in [-0.25, -0.2) is 5.84 Å². The van der Waals surface area contributed by atoms with E-state index in [4.69, 9.17) is 11.6 Å². The van der Waals surface area contributed by atoms with Crippen LogP contribution in [0.2, 0.25) is 0 Å². The van der Waals surface area contributed by atoms with Crippen molar-refractivity contribution in [1.82, 2.24) is 9.97 Å². The van der Waals surface area contributed by atoms with Gasteiger partial charge < -0.3 is 10.8 Å². The summed E-state index contributed by atoms with van der Waals surface area (Å²) < 4.78 is 0. The highest BCUT2D eigenvalue weighted by Crippen LogP contribution is 2.30. The Morgan fingerprint density at radius 2 is 2.22 bits per heavy atom. The van der Waals surface area contributed by atoms with Gasteiger partial charge in [0.25, 0.3) is 5.56 Å². The third kappa shape index (κ3) is 3.80. The molecule has 1 aliphatic carbocycles. The van der Waals surface area contributed by atoms with Gasteiger partial charge in [0.1, 0.15) is 5.69 Å². The number of anilines is 3. The number of aromatic amines is 1. The summed E-state index contributed by atoms with van der Waals surface area (Å²) in [5, 5.41) is 13.1. The lowest BCUT2D eigenvalue weighted by molar-refractivity contribution is -0.118. The number of carbonyl (C=O) groups excluding carboxylic acids is 1. The summed E-state index contributed by atoms with van der Waals surface area (Å²) in [7, 11) is 0. The van der Waals surface area contributed by atoms with E-state index < -0.39 is 5.56 Å². The lowest BCUT2D eigenvalue weighted by atomic mass is 10.1. The summed E-state index contributed by atoms with van der Waals surface area (Å²) >= 11 is 0. The van der Waals surface area contributed by atoms with Crippen molar-refractivity contribution in [2.75, 3.05) is 22.7 Å². The zero-order chi connectivity index (χ0) is 17.1. The van der Waals surface area contributed by atoms with Crippen molar-refractivity contribution >= 4 is 23.4 Å². The molecule has 23 heavy (non-hydrogen) atoms. The fraction of sp³-hybridized carbons (Fsp3) is 0.643. The van der Waals surface area contributed by atoms with Crippen LogP contribution >= 0.6 is 0 Å². The monoisotopic (exact) mass is 324 g/mol. The Labute approximate surface area is 134 Å². The number of nitrogens with zero attached hydrogens (tertiary/aromatic N) is 2. The molecular weight excluding hydrogens is 300 g/mol. The molecule has 1 aromatic rings. The smallest absolute Gasteiger partial charge is 0.277 e. The molecule has 1 fully saturated rings. The SMILES string of the molecule is CC(C)C(=O)Nc1nc(N(N)C2CCC(CO)C2)c(N)c(=O)[nH]1. The van der Waals surface area contributed by atoms with Crippen molar-refractivity contribution in [1.29, 1.82) is 0 Å². The van der Waals surface area contributed by atoms with Crippen LogP contribution in [-0.2, 0) is 4.79 Å². The molecule has 1 heterocycles. The maximum Gasteiger partial charge on any atom is 0.277 e. The van der Waals surface area contributed by atoms with Gasteiger partial charge in [-0.05, 0) is 25.2 Å². The fourth-order valence-corrected chi connectivity index (χ4v) is 2.63. The Morgan fingerprint density at radius 3 is 2.78 bits per heavy atom. The van der Waals surface area contributed by atoms with Gasteiger partial charge in [-0.3, -0.25) is 24.9 Å². The minimum Gasteiger partial charge on any atom is -0.396 e. The van der Waals surface area contributed by atoms with E-state index in [1.165, 1.54) is 5.01 Å². The largest absolute Gasteiger partial charge is 0.396 e. The number of amides is 1. The minimum absolute atomic E-state index is 0.0186. The van der Waals surface area contributed by atoms with Gasteiger partial charge in [0.2, 0.25) is 11.9 Å². The number of nitrogen functional groups attached to an aromatic ring is 1. The number of hydrogen-bond donors (Lipinski definition) is 5. The first-order chi connectivity index (χ1) is 10.8. The molecule has 0 aliphatic heterocycles. The van der Waals surface area contributed by atoms with Crippen LogP contribution in [0, 0.1) is 11.8 Å². The molecule has 128 valence electrons. The Morgan fingerprint density at radius 1 is 1.52 bits per heavy atom. The third-order valence-corrected chi connectivity index (χ3v) is 4.11. The lowest BCUT2D eigenvalue weighted by Gasteiger charge is -2.26. The molecule has 1 aromatic heterocycles. The van der Waals surface area contributed by atoms with Crippen LogP contribution in [0.25, 0.3) is 0 Å². The molecule has 1 aliphatic rings. The van der Waals surface area contributed by atoms with Crippen LogP contribution in [0.3, 0.4) is 0 Å². The van der Waals surface area contributed by atoms with Crippen molar-refractivity contribution < 1.29 is 9.90 Å². The molecular formula is C14H24N6O3. The molecule has 1 saturated carbocycles. The number of carbonyl (C=O) groups is 1. The second kappa shape index (κ2) is 6.97. The predicted octanol–water partition coefficient (Wildman–Crippen LogP) is -0.212. The first-order valence-electron chi connectivity index (χ1n) is 7.68. The number of aromatic nitrogens is 2. The predicted molar refractivity (Wildman–Crippen MR) is 87.6 cm³/mol. The number of nitrogens with two attached hydrogens (primary N) is 2. The van der Waals surface area contributed by atoms with Crippen LogP contribution in [0.1, 0.15) is 33.1 Å². The average Bonchev–Trinajstić information content (AvgIpc) is 2.98. The van der Waals surface area contributed by atoms with Crippen molar-refractivity contribution in [3.8, 4) is 0 Å². The Kier molecular flexibility index (Phi) is 5.22. The van der Waals surface area contributed by atoms with Crippen LogP contribution < -0.4 is 27.5 Å². The number of hydrazine groups is 1. The van der Waals surface area contributed by atoms with Crippen LogP contribution in [0.5, 0.6) is 0 Å². The molecule has 0 aromatic carbocycles. The van der Waals surface area contributed by atoms with Crippen molar-refractivity contribution in [2.24, 2.45) is 17.7 Å². The molecule has 0 spiro atoms. The van der Waals surface area contributed by atoms with E-state index in [2.05, 4.69) is 15.3 Å². The summed E-state index contributed by atoms with van der Waals surface area (Å²) in [6, 6.07) is -0.0580. The van der Waals surface area contributed by atoms with E-state index in [0.717, 1.165) is 12.8 Å². The van der Waals surface area contributed by atoms with E-state index in [1.807, 2.05) is 0 Å². The van der Waals surface area contributed by atoms with Gasteiger partial charge >= 0.3 is 0 Å². The standard InChI is InChI=1S/C14H24N6O3/c1-7(2)12(22)18-14-17-11(10(15)13(23)19-14)20(16)9-4-3-8(5-9)6-21/h7-9,21H,3-6,15-16H2,1-2H3,(H2,17,18,19,22,23). The van der Waals surface area contributed by atoms with E-state index in [1.54, 1.807) is 13.8 Å². The van der Waals surface area contributed by atoms with Gasteiger partial charge in [0.15, 0.2) is 5.82 Å². The molecule has 0 radical (unpaired) electrons. The topological polar surface area (TPSA) is 150 Å². The molecule has 1 amide bonds. The van der Waals surface area contributed by atoms with Gasteiger partial charge in [-0.15, -0.1) is 0 Å². The molecule has 7 N–H and O–H groups in total. The highest BCUT2D eigenvalue weighted by Gasteiger charge is 2.30. The van der Waals surface area contributed by atoms with Crippen molar-refractivity contribution in [2.45, 2.75) is 39.2 Å². The molecule has 2 rings (SSSR count). The highest BCUT2D eigenvalue weighted by atomic mass is 16.3. The summed E-state index contributed by atoms with van der Waals surface area (Å²) in [6.45, 7) is 3.57. The number of rotatable bonds is 5. The zero-order valence-electron chi connectivity index (χ0n) is 13.4. The number of H-pyrrole nitrogens is 1. The normalized spacial score (nSPS) is 20.7. The van der Waals surface area contributed by atoms with E-state index in [9.17, 15) is 14.7 Å². The van der Waals surface area contributed by atoms with Crippen LogP contribution in [-0.4, -0.2) is 33.6 Å². The van der Waals surface area contributed by atoms with E-state index >= 15 is 0 Å². The molecule has 0 saturated heterocycles. The summed E-state index contributed by atoms with van der Waals surface area (Å²) in [6.07, 6.45) is 2.34. The number of aliphatic hydroxyl groups is 1. The zero-order valence-corrected chi connectivity index (χ0v) is 13.4. The highest BCUT2D eigenvalue weighted by molar-refractivity contribution is 5.90. The van der Waals surface area contributed by atoms with E-state index in [-0.39, 0.29) is 47.8 Å². The molecule has 2 unspecified atom stereocenters. The maximum absolute atomic E-state index is 12.0. The Balaban J connectivity index is 2.25. The van der Waals surface area contributed by atoms with Gasteiger partial charge in [-0.1, -0.05) is 13.8 Å².